The molecule has 0 spiro atoms. The number of hydrogen-bond donors (Lipinski definition) is 2. The molecule has 4 nitrogen and oxygen atoms in total. The average molecular weight is 474 g/mol. The number of rotatable bonds is 4. The van der Waals surface area contributed by atoms with Gasteiger partial charge in [0.1, 0.15) is 16.7 Å². The summed E-state index contributed by atoms with van der Waals surface area (Å²) in [6.07, 6.45) is -3.86. The van der Waals surface area contributed by atoms with E-state index in [1.807, 2.05) is 6.07 Å². The van der Waals surface area contributed by atoms with Crippen LogP contribution >= 0.6 is 23.2 Å². The number of phenolic OH excluding ortho intramolecular Hbond substituents is 1. The normalized spacial score (nSPS) is 14.1. The highest BCUT2D eigenvalue weighted by atomic mass is 35.5. The van der Waals surface area contributed by atoms with E-state index in [1.54, 1.807) is 24.3 Å². The number of aliphatic hydroxyl groups is 1. The number of pyridine rings is 1. The van der Waals surface area contributed by atoms with E-state index in [-0.39, 0.29) is 15.7 Å². The summed E-state index contributed by atoms with van der Waals surface area (Å²) >= 11 is 11.7. The summed E-state index contributed by atoms with van der Waals surface area (Å²) in [5.74, 6) is -0.764. The average Bonchev–Trinajstić information content (AvgIpc) is 2.73. The lowest BCUT2D eigenvalue weighted by atomic mass is 9.78. The maximum atomic E-state index is 13.8. The molecule has 0 aliphatic carbocycles. The fourth-order valence-corrected chi connectivity index (χ4v) is 3.39. The summed E-state index contributed by atoms with van der Waals surface area (Å²) in [7, 11) is 1.39. The van der Waals surface area contributed by atoms with Crippen molar-refractivity contribution in [2.45, 2.75) is 24.6 Å². The van der Waals surface area contributed by atoms with Crippen LogP contribution in [0.1, 0.15) is 24.0 Å². The van der Waals surface area contributed by atoms with Crippen LogP contribution in [0, 0.1) is 0 Å². The molecule has 1 heterocycles. The quantitative estimate of drug-likeness (QED) is 0.433. The molecule has 0 bridgehead atoms. The van der Waals surface area contributed by atoms with Gasteiger partial charge in [-0.25, -0.2) is 4.98 Å². The number of aromatic nitrogens is 1. The van der Waals surface area contributed by atoms with Crippen molar-refractivity contribution in [3.05, 3.63) is 88.2 Å². The third-order valence-corrected chi connectivity index (χ3v) is 5.20. The second kappa shape index (κ2) is 10.2. The molecule has 2 aromatic carbocycles. The highest BCUT2D eigenvalue weighted by Crippen LogP contribution is 2.50. The molecule has 0 aliphatic heterocycles. The van der Waals surface area contributed by atoms with Gasteiger partial charge < -0.3 is 14.9 Å². The lowest BCUT2D eigenvalue weighted by molar-refractivity contribution is -0.274. The van der Waals surface area contributed by atoms with E-state index in [9.17, 15) is 18.3 Å². The SMILES string of the molecule is COc1ccc(Cl)c(C(C)C(O)(c2ccnc(Cl)c2)C(F)(F)F)c1.Oc1ccccc1. The molecule has 31 heavy (non-hydrogen) atoms. The number of methoxy groups -OCH3 is 1. The smallest absolute Gasteiger partial charge is 0.422 e. The molecule has 2 N–H and O–H groups in total. The zero-order valence-electron chi connectivity index (χ0n) is 16.6. The third-order valence-electron chi connectivity index (χ3n) is 4.65. The number of para-hydroxylation sites is 1. The Kier molecular flexibility index (Phi) is 8.17. The summed E-state index contributed by atoms with van der Waals surface area (Å²) in [6, 6.07) is 15.1. The maximum Gasteiger partial charge on any atom is 0.422 e. The maximum absolute atomic E-state index is 13.8. The molecule has 0 saturated heterocycles. The van der Waals surface area contributed by atoms with E-state index in [1.165, 1.54) is 32.2 Å². The van der Waals surface area contributed by atoms with Gasteiger partial charge in [-0.1, -0.05) is 48.3 Å². The number of nitrogens with zero attached hydrogens (tertiary/aromatic N) is 1. The largest absolute Gasteiger partial charge is 0.508 e. The summed E-state index contributed by atoms with van der Waals surface area (Å²) in [4.78, 5) is 3.65. The Balaban J connectivity index is 0.000000412. The molecule has 2 atom stereocenters. The monoisotopic (exact) mass is 473 g/mol. The molecule has 0 amide bonds. The molecule has 0 saturated carbocycles. The molecule has 166 valence electrons. The Labute approximate surface area is 187 Å². The van der Waals surface area contributed by atoms with Crippen LogP contribution in [0.5, 0.6) is 11.5 Å². The second-order valence-electron chi connectivity index (χ2n) is 6.58. The Morgan fingerprint density at radius 1 is 1.00 bits per heavy atom. The Morgan fingerprint density at radius 3 is 2.13 bits per heavy atom. The van der Waals surface area contributed by atoms with E-state index in [0.717, 1.165) is 18.3 Å². The molecular formula is C22H20Cl2F3NO3. The van der Waals surface area contributed by atoms with Gasteiger partial charge in [0.15, 0.2) is 5.60 Å². The molecule has 0 aliphatic rings. The van der Waals surface area contributed by atoms with E-state index in [0.29, 0.717) is 11.5 Å². The third kappa shape index (κ3) is 5.81. The van der Waals surface area contributed by atoms with Crippen molar-refractivity contribution in [3.63, 3.8) is 0 Å². The van der Waals surface area contributed by atoms with Crippen LogP contribution in [-0.4, -0.2) is 28.5 Å². The van der Waals surface area contributed by atoms with Gasteiger partial charge >= 0.3 is 6.18 Å². The molecule has 1 aromatic heterocycles. The highest BCUT2D eigenvalue weighted by molar-refractivity contribution is 6.31. The first-order valence-corrected chi connectivity index (χ1v) is 9.75. The first kappa shape index (κ1) is 24.8. The van der Waals surface area contributed by atoms with Crippen molar-refractivity contribution in [2.24, 2.45) is 0 Å². The lowest BCUT2D eigenvalue weighted by Gasteiger charge is -2.37. The minimum absolute atomic E-state index is 0.0890. The Bertz CT molecular complexity index is 1000. The van der Waals surface area contributed by atoms with Gasteiger partial charge in [-0.05, 0) is 53.6 Å². The molecule has 0 fully saturated rings. The number of phenols is 1. The Hall–Kier alpha value is -2.48. The van der Waals surface area contributed by atoms with Crippen molar-refractivity contribution in [1.29, 1.82) is 0 Å². The lowest BCUT2D eigenvalue weighted by Crippen LogP contribution is -2.46. The van der Waals surface area contributed by atoms with Gasteiger partial charge in [-0.2, -0.15) is 13.2 Å². The van der Waals surface area contributed by atoms with Crippen molar-refractivity contribution in [2.75, 3.05) is 7.11 Å². The molecule has 0 radical (unpaired) electrons. The van der Waals surface area contributed by atoms with Crippen molar-refractivity contribution in [3.8, 4) is 11.5 Å². The van der Waals surface area contributed by atoms with Gasteiger partial charge in [0, 0.05) is 17.1 Å². The number of ether oxygens (including phenoxy) is 1. The van der Waals surface area contributed by atoms with Gasteiger partial charge in [0.2, 0.25) is 0 Å². The fraction of sp³-hybridized carbons (Fsp3) is 0.227. The van der Waals surface area contributed by atoms with Crippen LogP contribution in [0.2, 0.25) is 10.2 Å². The van der Waals surface area contributed by atoms with Crippen LogP contribution in [-0.2, 0) is 5.60 Å². The second-order valence-corrected chi connectivity index (χ2v) is 7.37. The van der Waals surface area contributed by atoms with Crippen LogP contribution < -0.4 is 4.74 Å². The first-order chi connectivity index (χ1) is 14.5. The number of aromatic hydroxyl groups is 1. The van der Waals surface area contributed by atoms with Crippen molar-refractivity contribution in [1.82, 2.24) is 4.98 Å². The minimum atomic E-state index is -4.97. The van der Waals surface area contributed by atoms with Gasteiger partial charge in [0.05, 0.1) is 7.11 Å². The zero-order valence-corrected chi connectivity index (χ0v) is 18.1. The predicted octanol–water partition coefficient (Wildman–Crippen LogP) is 6.34. The van der Waals surface area contributed by atoms with Gasteiger partial charge in [-0.3, -0.25) is 0 Å². The summed E-state index contributed by atoms with van der Waals surface area (Å²) in [5, 5.41) is 19.2. The van der Waals surface area contributed by atoms with Crippen LogP contribution in [0.15, 0.2) is 66.9 Å². The topological polar surface area (TPSA) is 62.6 Å². The molecule has 2 unspecified atom stereocenters. The summed E-state index contributed by atoms with van der Waals surface area (Å²) < 4.78 is 46.4. The molecule has 9 heteroatoms. The van der Waals surface area contributed by atoms with Crippen LogP contribution in [0.4, 0.5) is 13.2 Å². The number of benzene rings is 2. The summed E-state index contributed by atoms with van der Waals surface area (Å²) in [6.45, 7) is 1.24. The number of halogens is 5. The van der Waals surface area contributed by atoms with E-state index in [4.69, 9.17) is 33.0 Å². The van der Waals surface area contributed by atoms with E-state index >= 15 is 0 Å². The van der Waals surface area contributed by atoms with Gasteiger partial charge in [-0.15, -0.1) is 0 Å². The van der Waals surface area contributed by atoms with Crippen molar-refractivity contribution >= 4 is 23.2 Å². The predicted molar refractivity (Wildman–Crippen MR) is 114 cm³/mol. The number of hydrogen-bond acceptors (Lipinski definition) is 4. The Morgan fingerprint density at radius 2 is 1.65 bits per heavy atom. The number of alkyl halides is 3. The highest BCUT2D eigenvalue weighted by Gasteiger charge is 2.59. The molecule has 3 aromatic rings. The van der Waals surface area contributed by atoms with Crippen LogP contribution in [0.3, 0.4) is 0 Å². The summed E-state index contributed by atoms with van der Waals surface area (Å²) in [5.41, 5.74) is -3.51. The van der Waals surface area contributed by atoms with Gasteiger partial charge in [0.25, 0.3) is 0 Å². The van der Waals surface area contributed by atoms with Crippen LogP contribution in [0.25, 0.3) is 0 Å². The molecular weight excluding hydrogens is 454 g/mol. The standard InChI is InChI=1S/C16H14Cl2F3NO2.C6H6O/c1-9(12-8-11(24-2)3-4-13(12)17)15(23,16(19,20)21)10-5-6-22-14(18)7-10;7-6-4-2-1-3-5-6/h3-9,23H,1-2H3;1-5,7H. The first-order valence-electron chi connectivity index (χ1n) is 8.99. The fourth-order valence-electron chi connectivity index (χ4n) is 2.93. The molecule has 3 rings (SSSR count). The van der Waals surface area contributed by atoms with E-state index < -0.39 is 23.3 Å². The minimum Gasteiger partial charge on any atom is -0.508 e. The van der Waals surface area contributed by atoms with Crippen molar-refractivity contribution < 1.29 is 28.1 Å². The zero-order chi connectivity index (χ0) is 23.2. The van der Waals surface area contributed by atoms with E-state index in [2.05, 4.69) is 4.98 Å².